The van der Waals surface area contributed by atoms with Crippen LogP contribution in [0.25, 0.3) is 5.52 Å². The molecule has 1 N–H and O–H groups in total. The Labute approximate surface area is 88.4 Å². The molecule has 1 saturated carbocycles. The van der Waals surface area contributed by atoms with Gasteiger partial charge in [0, 0.05) is 18.2 Å². The van der Waals surface area contributed by atoms with E-state index in [1.54, 1.807) is 12.1 Å². The average molecular weight is 202 g/mol. The molecule has 2 aromatic heterocycles. The third-order valence-corrected chi connectivity index (χ3v) is 3.26. The highest BCUT2D eigenvalue weighted by molar-refractivity contribution is 5.50. The molecular formula is C12H14N2O. The lowest BCUT2D eigenvalue weighted by Gasteiger charge is -2.07. The molecule has 0 unspecified atom stereocenters. The Morgan fingerprint density at radius 2 is 2.13 bits per heavy atom. The largest absolute Gasteiger partial charge is 0.508 e. The summed E-state index contributed by atoms with van der Waals surface area (Å²) in [5, 5.41) is 9.36. The molecule has 2 heterocycles. The molecule has 3 rings (SSSR count). The van der Waals surface area contributed by atoms with E-state index in [1.807, 2.05) is 12.4 Å². The molecule has 1 fully saturated rings. The fraction of sp³-hybridized carbons (Fsp3) is 0.417. The minimum absolute atomic E-state index is 0.306. The summed E-state index contributed by atoms with van der Waals surface area (Å²) in [6, 6.07) is 3.47. The van der Waals surface area contributed by atoms with Gasteiger partial charge in [0.05, 0.1) is 11.7 Å². The van der Waals surface area contributed by atoms with Gasteiger partial charge in [-0.05, 0) is 18.9 Å². The van der Waals surface area contributed by atoms with Crippen molar-refractivity contribution in [2.45, 2.75) is 31.6 Å². The van der Waals surface area contributed by atoms with Gasteiger partial charge >= 0.3 is 0 Å². The van der Waals surface area contributed by atoms with Gasteiger partial charge in [-0.25, -0.2) is 4.98 Å². The molecule has 1 aliphatic carbocycles. The van der Waals surface area contributed by atoms with E-state index >= 15 is 0 Å². The number of hydrogen-bond acceptors (Lipinski definition) is 2. The zero-order valence-corrected chi connectivity index (χ0v) is 8.56. The highest BCUT2D eigenvalue weighted by atomic mass is 16.3. The minimum atomic E-state index is 0.306. The molecule has 0 atom stereocenters. The highest BCUT2D eigenvalue weighted by Crippen LogP contribution is 2.33. The maximum Gasteiger partial charge on any atom is 0.119 e. The summed E-state index contributed by atoms with van der Waals surface area (Å²) >= 11 is 0. The Kier molecular flexibility index (Phi) is 1.91. The molecule has 15 heavy (non-hydrogen) atoms. The van der Waals surface area contributed by atoms with Crippen LogP contribution in [-0.4, -0.2) is 14.5 Å². The molecule has 0 amide bonds. The van der Waals surface area contributed by atoms with E-state index in [-0.39, 0.29) is 0 Å². The Hall–Kier alpha value is -1.51. The van der Waals surface area contributed by atoms with Gasteiger partial charge < -0.3 is 9.51 Å². The summed E-state index contributed by atoms with van der Waals surface area (Å²) in [5.74, 6) is 2.07. The van der Waals surface area contributed by atoms with Gasteiger partial charge in [-0.1, -0.05) is 12.8 Å². The van der Waals surface area contributed by atoms with Crippen molar-refractivity contribution in [1.82, 2.24) is 9.38 Å². The van der Waals surface area contributed by atoms with Crippen LogP contribution < -0.4 is 0 Å². The Morgan fingerprint density at radius 1 is 1.33 bits per heavy atom. The summed E-state index contributed by atoms with van der Waals surface area (Å²) < 4.78 is 2.09. The predicted molar refractivity (Wildman–Crippen MR) is 58.1 cm³/mol. The van der Waals surface area contributed by atoms with Gasteiger partial charge in [0.1, 0.15) is 11.6 Å². The highest BCUT2D eigenvalue weighted by Gasteiger charge is 2.21. The quantitative estimate of drug-likeness (QED) is 0.772. The normalized spacial score (nSPS) is 17.6. The molecule has 0 aliphatic heterocycles. The minimum Gasteiger partial charge on any atom is -0.508 e. The van der Waals surface area contributed by atoms with Crippen LogP contribution in [-0.2, 0) is 0 Å². The molecule has 0 spiro atoms. The smallest absolute Gasteiger partial charge is 0.119 e. The molecule has 0 bridgehead atoms. The molecule has 3 nitrogen and oxygen atoms in total. The average Bonchev–Trinajstić information content (AvgIpc) is 2.82. The Balaban J connectivity index is 2.11. The summed E-state index contributed by atoms with van der Waals surface area (Å²) in [5.41, 5.74) is 0.983. The Morgan fingerprint density at radius 3 is 2.93 bits per heavy atom. The number of hydrogen-bond donors (Lipinski definition) is 1. The van der Waals surface area contributed by atoms with Crippen molar-refractivity contribution >= 4 is 5.52 Å². The first-order chi connectivity index (χ1) is 7.34. The van der Waals surface area contributed by atoms with Crippen LogP contribution in [0.3, 0.4) is 0 Å². The molecular weight excluding hydrogens is 188 g/mol. The van der Waals surface area contributed by atoms with E-state index in [4.69, 9.17) is 0 Å². The second kappa shape index (κ2) is 3.26. The van der Waals surface area contributed by atoms with E-state index in [0.29, 0.717) is 11.7 Å². The van der Waals surface area contributed by atoms with Crippen molar-refractivity contribution in [3.05, 3.63) is 30.4 Å². The van der Waals surface area contributed by atoms with Gasteiger partial charge in [0.15, 0.2) is 0 Å². The number of aromatic hydroxyl groups is 1. The lowest BCUT2D eigenvalue weighted by Crippen LogP contribution is -1.99. The van der Waals surface area contributed by atoms with E-state index in [2.05, 4.69) is 9.38 Å². The summed E-state index contributed by atoms with van der Waals surface area (Å²) in [7, 11) is 0. The molecule has 1 aliphatic rings. The maximum absolute atomic E-state index is 9.36. The number of pyridine rings is 1. The summed E-state index contributed by atoms with van der Waals surface area (Å²) in [6.07, 6.45) is 8.88. The lowest BCUT2D eigenvalue weighted by atomic mass is 10.1. The van der Waals surface area contributed by atoms with Gasteiger partial charge in [-0.15, -0.1) is 0 Å². The lowest BCUT2D eigenvalue weighted by molar-refractivity contribution is 0.475. The monoisotopic (exact) mass is 202 g/mol. The molecule has 3 heteroatoms. The Bertz CT molecular complexity index is 483. The molecule has 0 radical (unpaired) electrons. The fourth-order valence-electron chi connectivity index (χ4n) is 2.49. The van der Waals surface area contributed by atoms with Crippen LogP contribution in [0.4, 0.5) is 0 Å². The van der Waals surface area contributed by atoms with Crippen molar-refractivity contribution in [3.63, 3.8) is 0 Å². The van der Waals surface area contributed by atoms with Gasteiger partial charge in [0.2, 0.25) is 0 Å². The molecule has 0 aromatic carbocycles. The van der Waals surface area contributed by atoms with Crippen LogP contribution in [0, 0.1) is 0 Å². The number of nitrogens with zero attached hydrogens (tertiary/aromatic N) is 2. The van der Waals surface area contributed by atoms with E-state index in [9.17, 15) is 5.11 Å². The number of imidazole rings is 1. The first-order valence-corrected chi connectivity index (χ1v) is 5.50. The van der Waals surface area contributed by atoms with E-state index in [0.717, 1.165) is 11.3 Å². The predicted octanol–water partition coefficient (Wildman–Crippen LogP) is 2.70. The van der Waals surface area contributed by atoms with Gasteiger partial charge in [0.25, 0.3) is 0 Å². The summed E-state index contributed by atoms with van der Waals surface area (Å²) in [4.78, 5) is 4.47. The zero-order valence-electron chi connectivity index (χ0n) is 8.56. The second-order valence-corrected chi connectivity index (χ2v) is 4.28. The van der Waals surface area contributed by atoms with Gasteiger partial charge in [-0.2, -0.15) is 0 Å². The van der Waals surface area contributed by atoms with E-state index < -0.39 is 0 Å². The topological polar surface area (TPSA) is 37.5 Å². The third kappa shape index (κ3) is 1.39. The standard InChI is InChI=1S/C12H14N2O/c15-11-5-6-14-10(7-11)8-13-12(14)9-3-1-2-4-9/h5-9,15H,1-4H2. The number of fused-ring (bicyclic) bond motifs is 1. The summed E-state index contributed by atoms with van der Waals surface area (Å²) in [6.45, 7) is 0. The van der Waals surface area contributed by atoms with Crippen LogP contribution in [0.15, 0.2) is 24.5 Å². The number of rotatable bonds is 1. The van der Waals surface area contributed by atoms with Crippen molar-refractivity contribution < 1.29 is 5.11 Å². The van der Waals surface area contributed by atoms with Crippen LogP contribution >= 0.6 is 0 Å². The van der Waals surface area contributed by atoms with Crippen LogP contribution in [0.1, 0.15) is 37.4 Å². The van der Waals surface area contributed by atoms with Gasteiger partial charge in [-0.3, -0.25) is 0 Å². The first kappa shape index (κ1) is 8.77. The first-order valence-electron chi connectivity index (χ1n) is 5.50. The maximum atomic E-state index is 9.36. The van der Waals surface area contributed by atoms with Crippen molar-refractivity contribution in [3.8, 4) is 5.75 Å². The van der Waals surface area contributed by atoms with Crippen molar-refractivity contribution in [2.24, 2.45) is 0 Å². The fourth-order valence-corrected chi connectivity index (χ4v) is 2.49. The molecule has 0 saturated heterocycles. The SMILES string of the molecule is Oc1ccn2c(C3CCCC3)ncc2c1. The van der Waals surface area contributed by atoms with Crippen molar-refractivity contribution in [1.29, 1.82) is 0 Å². The molecule has 2 aromatic rings. The van der Waals surface area contributed by atoms with Crippen LogP contribution in [0.2, 0.25) is 0 Å². The third-order valence-electron chi connectivity index (χ3n) is 3.26. The van der Waals surface area contributed by atoms with Crippen LogP contribution in [0.5, 0.6) is 5.75 Å². The number of aromatic nitrogens is 2. The second-order valence-electron chi connectivity index (χ2n) is 4.28. The van der Waals surface area contributed by atoms with Crippen molar-refractivity contribution in [2.75, 3.05) is 0 Å². The molecule has 78 valence electrons. The zero-order chi connectivity index (χ0) is 10.3. The van der Waals surface area contributed by atoms with E-state index in [1.165, 1.54) is 25.7 Å².